The Kier molecular flexibility index (Phi) is 13.8. The molecule has 0 saturated heterocycles. The Balaban J connectivity index is 3.53. The van der Waals surface area contributed by atoms with Crippen molar-refractivity contribution in [1.82, 2.24) is 21.3 Å². The van der Waals surface area contributed by atoms with Crippen molar-refractivity contribution in [2.75, 3.05) is 26.3 Å². The van der Waals surface area contributed by atoms with Gasteiger partial charge in [-0.25, -0.2) is 0 Å². The van der Waals surface area contributed by atoms with E-state index in [1.807, 2.05) is 27.7 Å². The second-order valence-corrected chi connectivity index (χ2v) is 6.79. The summed E-state index contributed by atoms with van der Waals surface area (Å²) in [4.78, 5) is 45.9. The molecule has 0 aliphatic heterocycles. The molecule has 9 nitrogen and oxygen atoms in total. The summed E-state index contributed by atoms with van der Waals surface area (Å²) in [5.74, 6) is -0.843. The van der Waals surface area contributed by atoms with E-state index in [9.17, 15) is 19.2 Å². The normalized spacial score (nSPS) is 10.6. The van der Waals surface area contributed by atoms with Gasteiger partial charge in [-0.2, -0.15) is 0 Å². The predicted molar refractivity (Wildman–Crippen MR) is 102 cm³/mol. The van der Waals surface area contributed by atoms with Gasteiger partial charge in [-0.3, -0.25) is 19.2 Å². The number of amides is 4. The number of carbonyl (C=O) groups is 4. The van der Waals surface area contributed by atoms with Gasteiger partial charge in [-0.05, 0) is 34.1 Å². The standard InChI is InChI=1S/C18H34N4O5/c1-13(2)21-16(24)7-5-6-15(23)19-8-10-27-11-9-20-17(25)12-18(26)22-14(3)4/h13-14H,5-12H2,1-4H3,(H,19,23)(H,20,25)(H,21,24)(H,22,26). The molecule has 0 aromatic rings. The Morgan fingerprint density at radius 3 is 1.74 bits per heavy atom. The molecular weight excluding hydrogens is 352 g/mol. The van der Waals surface area contributed by atoms with E-state index in [0.29, 0.717) is 45.6 Å². The highest BCUT2D eigenvalue weighted by molar-refractivity contribution is 5.96. The first-order chi connectivity index (χ1) is 12.7. The van der Waals surface area contributed by atoms with Crippen molar-refractivity contribution < 1.29 is 23.9 Å². The smallest absolute Gasteiger partial charge is 0.229 e. The van der Waals surface area contributed by atoms with Gasteiger partial charge in [0.05, 0.1) is 13.2 Å². The van der Waals surface area contributed by atoms with Crippen molar-refractivity contribution >= 4 is 23.6 Å². The van der Waals surface area contributed by atoms with E-state index in [1.165, 1.54) is 0 Å². The highest BCUT2D eigenvalue weighted by Crippen LogP contribution is 1.96. The molecule has 0 rings (SSSR count). The van der Waals surface area contributed by atoms with Crippen LogP contribution in [0.2, 0.25) is 0 Å². The van der Waals surface area contributed by atoms with Gasteiger partial charge >= 0.3 is 0 Å². The summed E-state index contributed by atoms with van der Waals surface area (Å²) in [5.41, 5.74) is 0. The number of hydrogen-bond acceptors (Lipinski definition) is 5. The summed E-state index contributed by atoms with van der Waals surface area (Å²) >= 11 is 0. The zero-order valence-corrected chi connectivity index (χ0v) is 16.9. The molecule has 0 saturated carbocycles. The Morgan fingerprint density at radius 2 is 1.19 bits per heavy atom. The predicted octanol–water partition coefficient (Wildman–Crippen LogP) is -0.155. The van der Waals surface area contributed by atoms with Gasteiger partial charge in [-0.1, -0.05) is 0 Å². The lowest BCUT2D eigenvalue weighted by Crippen LogP contribution is -2.36. The minimum atomic E-state index is -0.355. The number of nitrogens with one attached hydrogen (secondary N) is 4. The fourth-order valence-electron chi connectivity index (χ4n) is 2.10. The molecule has 0 heterocycles. The maximum Gasteiger partial charge on any atom is 0.229 e. The van der Waals surface area contributed by atoms with E-state index in [0.717, 1.165) is 0 Å². The molecule has 4 amide bonds. The van der Waals surface area contributed by atoms with Crippen molar-refractivity contribution in [1.29, 1.82) is 0 Å². The lowest BCUT2D eigenvalue weighted by molar-refractivity contribution is -0.130. The van der Waals surface area contributed by atoms with Crippen molar-refractivity contribution in [3.8, 4) is 0 Å². The summed E-state index contributed by atoms with van der Waals surface area (Å²) < 4.78 is 5.30. The second kappa shape index (κ2) is 15.0. The third-order valence-electron chi connectivity index (χ3n) is 3.17. The number of carbonyl (C=O) groups excluding carboxylic acids is 4. The maximum absolute atomic E-state index is 11.6. The quantitative estimate of drug-likeness (QED) is 0.244. The molecule has 156 valence electrons. The number of rotatable bonds is 14. The van der Waals surface area contributed by atoms with Gasteiger partial charge in [0.15, 0.2) is 0 Å². The third kappa shape index (κ3) is 17.0. The van der Waals surface area contributed by atoms with Gasteiger partial charge in [0.2, 0.25) is 23.6 Å². The van der Waals surface area contributed by atoms with Crippen molar-refractivity contribution in [2.45, 2.75) is 65.5 Å². The van der Waals surface area contributed by atoms with Crippen LogP contribution in [0.25, 0.3) is 0 Å². The minimum Gasteiger partial charge on any atom is -0.378 e. The van der Waals surface area contributed by atoms with Crippen LogP contribution in [0.4, 0.5) is 0 Å². The summed E-state index contributed by atoms with van der Waals surface area (Å²) in [6.07, 6.45) is 0.919. The van der Waals surface area contributed by atoms with E-state index < -0.39 is 0 Å². The van der Waals surface area contributed by atoms with Crippen LogP contribution in [0.3, 0.4) is 0 Å². The topological polar surface area (TPSA) is 126 Å². The molecule has 0 radical (unpaired) electrons. The van der Waals surface area contributed by atoms with Crippen molar-refractivity contribution in [2.24, 2.45) is 0 Å². The molecule has 0 atom stereocenters. The Labute approximate surface area is 161 Å². The highest BCUT2D eigenvalue weighted by atomic mass is 16.5. The van der Waals surface area contributed by atoms with Gasteiger partial charge < -0.3 is 26.0 Å². The number of hydrogen-bond donors (Lipinski definition) is 4. The van der Waals surface area contributed by atoms with Crippen molar-refractivity contribution in [3.63, 3.8) is 0 Å². The molecule has 0 aromatic carbocycles. The van der Waals surface area contributed by atoms with Crippen LogP contribution in [-0.4, -0.2) is 62.0 Å². The Morgan fingerprint density at radius 1 is 0.704 bits per heavy atom. The molecule has 0 bridgehead atoms. The molecule has 27 heavy (non-hydrogen) atoms. The molecule has 9 heteroatoms. The Bertz CT molecular complexity index is 480. The van der Waals surface area contributed by atoms with Crippen molar-refractivity contribution in [3.05, 3.63) is 0 Å². The zero-order valence-electron chi connectivity index (χ0n) is 16.9. The van der Waals surface area contributed by atoms with Crippen LogP contribution in [0.15, 0.2) is 0 Å². The van der Waals surface area contributed by atoms with Crippen LogP contribution in [0.5, 0.6) is 0 Å². The van der Waals surface area contributed by atoms with Crippen LogP contribution in [0.1, 0.15) is 53.4 Å². The van der Waals surface area contributed by atoms with Crippen LogP contribution in [-0.2, 0) is 23.9 Å². The summed E-state index contributed by atoms with van der Waals surface area (Å²) in [6.45, 7) is 8.71. The molecule has 0 aliphatic rings. The molecule has 0 unspecified atom stereocenters. The van der Waals surface area contributed by atoms with E-state index in [1.54, 1.807) is 0 Å². The average molecular weight is 386 g/mol. The summed E-state index contributed by atoms with van der Waals surface area (Å²) in [7, 11) is 0. The molecule has 4 N–H and O–H groups in total. The lowest BCUT2D eigenvalue weighted by atomic mass is 10.2. The first-order valence-corrected chi connectivity index (χ1v) is 9.40. The van der Waals surface area contributed by atoms with Gasteiger partial charge in [0.1, 0.15) is 6.42 Å². The molecule has 0 aromatic heterocycles. The third-order valence-corrected chi connectivity index (χ3v) is 3.17. The first kappa shape index (κ1) is 24.8. The SMILES string of the molecule is CC(C)NC(=O)CCCC(=O)NCCOCCNC(=O)CC(=O)NC(C)C. The summed E-state index contributed by atoms with van der Waals surface area (Å²) in [5, 5.41) is 10.7. The molecule has 0 spiro atoms. The largest absolute Gasteiger partial charge is 0.378 e. The van der Waals surface area contributed by atoms with E-state index in [4.69, 9.17) is 4.74 Å². The number of ether oxygens (including phenoxy) is 1. The zero-order chi connectivity index (χ0) is 20.7. The Hall–Kier alpha value is -2.16. The fourth-order valence-corrected chi connectivity index (χ4v) is 2.10. The van der Waals surface area contributed by atoms with Gasteiger partial charge in [0, 0.05) is 38.0 Å². The maximum atomic E-state index is 11.6. The first-order valence-electron chi connectivity index (χ1n) is 9.40. The van der Waals surface area contributed by atoms with Gasteiger partial charge in [-0.15, -0.1) is 0 Å². The average Bonchev–Trinajstić information content (AvgIpc) is 2.52. The molecule has 0 aliphatic carbocycles. The van der Waals surface area contributed by atoms with Crippen LogP contribution in [0, 0.1) is 0 Å². The highest BCUT2D eigenvalue weighted by Gasteiger charge is 2.09. The second-order valence-electron chi connectivity index (χ2n) is 6.79. The van der Waals surface area contributed by atoms with Crippen LogP contribution < -0.4 is 21.3 Å². The summed E-state index contributed by atoms with van der Waals surface area (Å²) in [6, 6.07) is 0.103. The van der Waals surface area contributed by atoms with E-state index >= 15 is 0 Å². The fraction of sp³-hybridized carbons (Fsp3) is 0.778. The van der Waals surface area contributed by atoms with Crippen LogP contribution >= 0.6 is 0 Å². The van der Waals surface area contributed by atoms with Gasteiger partial charge in [0.25, 0.3) is 0 Å². The monoisotopic (exact) mass is 386 g/mol. The molecule has 0 fully saturated rings. The van der Waals surface area contributed by atoms with E-state index in [2.05, 4.69) is 21.3 Å². The van der Waals surface area contributed by atoms with E-state index in [-0.39, 0.29) is 42.1 Å². The molecular formula is C18H34N4O5. The minimum absolute atomic E-state index is 0.000961. The lowest BCUT2D eigenvalue weighted by Gasteiger charge is -2.09.